The first-order valence-electron chi connectivity index (χ1n) is 6.26. The minimum absolute atomic E-state index is 0.170. The first-order valence-corrected chi connectivity index (χ1v) is 8.54. The van der Waals surface area contributed by atoms with Crippen molar-refractivity contribution in [3.8, 4) is 0 Å². The van der Waals surface area contributed by atoms with Crippen molar-refractivity contribution in [2.24, 2.45) is 5.10 Å². The molecule has 4 nitrogen and oxygen atoms in total. The fourth-order valence-electron chi connectivity index (χ4n) is 1.80. The Hall–Kier alpha value is -1.66. The average Bonchev–Trinajstić information content (AvgIpc) is 2.41. The van der Waals surface area contributed by atoms with E-state index in [0.717, 1.165) is 21.2 Å². The molecule has 2 aromatic carbocycles. The molecule has 0 aliphatic heterocycles. The molecular weight excluding hydrogens is 352 g/mol. The van der Waals surface area contributed by atoms with Crippen LogP contribution in [0.4, 0.5) is 0 Å². The molecule has 0 bridgehead atoms. The van der Waals surface area contributed by atoms with Gasteiger partial charge in [-0.25, -0.2) is 4.83 Å². The quantitative estimate of drug-likeness (QED) is 0.665. The van der Waals surface area contributed by atoms with Crippen molar-refractivity contribution in [2.45, 2.75) is 18.7 Å². The molecule has 0 aromatic heterocycles. The molecule has 6 heteroatoms. The Labute approximate surface area is 133 Å². The number of rotatable bonds is 4. The summed E-state index contributed by atoms with van der Waals surface area (Å²) in [5.41, 5.74) is 3.07. The van der Waals surface area contributed by atoms with E-state index in [2.05, 4.69) is 25.9 Å². The van der Waals surface area contributed by atoms with Crippen molar-refractivity contribution in [1.82, 2.24) is 4.83 Å². The summed E-state index contributed by atoms with van der Waals surface area (Å²) in [7, 11) is -3.64. The third kappa shape index (κ3) is 4.15. The molecule has 0 unspecified atom stereocenters. The molecule has 0 radical (unpaired) electrons. The van der Waals surface area contributed by atoms with E-state index in [1.165, 1.54) is 18.3 Å². The fourth-order valence-corrected chi connectivity index (χ4v) is 2.86. The molecule has 0 aliphatic carbocycles. The highest BCUT2D eigenvalue weighted by atomic mass is 79.9. The van der Waals surface area contributed by atoms with Crippen LogP contribution in [0.15, 0.2) is 56.9 Å². The van der Waals surface area contributed by atoms with E-state index in [0.29, 0.717) is 0 Å². The molecule has 0 amide bonds. The van der Waals surface area contributed by atoms with Gasteiger partial charge in [-0.05, 0) is 49.2 Å². The van der Waals surface area contributed by atoms with Gasteiger partial charge < -0.3 is 0 Å². The third-order valence-electron chi connectivity index (χ3n) is 2.93. The predicted octanol–water partition coefficient (Wildman–Crippen LogP) is 3.38. The molecule has 2 aromatic rings. The van der Waals surface area contributed by atoms with Gasteiger partial charge in [0.05, 0.1) is 11.1 Å². The number of nitrogens with zero attached hydrogens (tertiary/aromatic N) is 1. The Morgan fingerprint density at radius 2 is 1.76 bits per heavy atom. The zero-order valence-electron chi connectivity index (χ0n) is 11.7. The first-order chi connectivity index (χ1) is 9.88. The lowest BCUT2D eigenvalue weighted by atomic mass is 10.1. The van der Waals surface area contributed by atoms with Crippen LogP contribution < -0.4 is 4.83 Å². The normalized spacial score (nSPS) is 11.8. The van der Waals surface area contributed by atoms with Crippen LogP contribution in [0.2, 0.25) is 0 Å². The summed E-state index contributed by atoms with van der Waals surface area (Å²) in [6, 6.07) is 12.2. The number of halogens is 1. The number of benzene rings is 2. The summed E-state index contributed by atoms with van der Waals surface area (Å²) in [5, 5.41) is 3.83. The molecule has 0 aliphatic rings. The van der Waals surface area contributed by atoms with Gasteiger partial charge in [-0.3, -0.25) is 0 Å². The van der Waals surface area contributed by atoms with Crippen LogP contribution in [0.1, 0.15) is 16.7 Å². The van der Waals surface area contributed by atoms with Crippen molar-refractivity contribution in [3.63, 3.8) is 0 Å². The van der Waals surface area contributed by atoms with Crippen molar-refractivity contribution in [2.75, 3.05) is 0 Å². The van der Waals surface area contributed by atoms with Crippen molar-refractivity contribution < 1.29 is 8.42 Å². The largest absolute Gasteiger partial charge is 0.276 e. The Kier molecular flexibility index (Phi) is 4.80. The number of aryl methyl sites for hydroxylation is 2. The number of nitrogens with one attached hydrogen (secondary N) is 1. The predicted molar refractivity (Wildman–Crippen MR) is 88.0 cm³/mol. The highest BCUT2D eigenvalue weighted by molar-refractivity contribution is 9.10. The summed E-state index contributed by atoms with van der Waals surface area (Å²) in [5.74, 6) is 0. The highest BCUT2D eigenvalue weighted by Gasteiger charge is 2.11. The van der Waals surface area contributed by atoms with Gasteiger partial charge in [0.2, 0.25) is 0 Å². The van der Waals surface area contributed by atoms with E-state index in [-0.39, 0.29) is 4.90 Å². The minimum Gasteiger partial charge on any atom is -0.200 e. The molecule has 0 saturated carbocycles. The minimum atomic E-state index is -3.64. The van der Waals surface area contributed by atoms with Crippen LogP contribution in [-0.4, -0.2) is 14.6 Å². The monoisotopic (exact) mass is 366 g/mol. The molecule has 0 heterocycles. The van der Waals surface area contributed by atoms with Crippen LogP contribution in [-0.2, 0) is 10.0 Å². The first kappa shape index (κ1) is 15.7. The molecule has 0 fully saturated rings. The van der Waals surface area contributed by atoms with E-state index in [4.69, 9.17) is 0 Å². The molecule has 21 heavy (non-hydrogen) atoms. The number of hydrogen-bond acceptors (Lipinski definition) is 3. The Balaban J connectivity index is 2.14. The second-order valence-corrected chi connectivity index (χ2v) is 7.24. The summed E-state index contributed by atoms with van der Waals surface area (Å²) in [4.78, 5) is 2.38. The average molecular weight is 367 g/mol. The van der Waals surface area contributed by atoms with E-state index in [1.807, 2.05) is 32.0 Å². The van der Waals surface area contributed by atoms with Crippen molar-refractivity contribution in [1.29, 1.82) is 0 Å². The molecule has 0 saturated heterocycles. The standard InChI is InChI=1S/C15H15BrN2O2S/c1-11-3-4-13(12(2)9-11)10-17-18-21(19,20)15-7-5-14(16)6-8-15/h3-10,18H,1-2H3/b17-10-. The van der Waals surface area contributed by atoms with E-state index in [1.54, 1.807) is 12.1 Å². The fraction of sp³-hybridized carbons (Fsp3) is 0.133. The molecule has 1 N–H and O–H groups in total. The lowest BCUT2D eigenvalue weighted by Crippen LogP contribution is -2.18. The van der Waals surface area contributed by atoms with Crippen LogP contribution in [0.5, 0.6) is 0 Å². The highest BCUT2D eigenvalue weighted by Crippen LogP contribution is 2.14. The number of sulfonamides is 1. The topological polar surface area (TPSA) is 58.5 Å². The maximum atomic E-state index is 12.0. The summed E-state index contributed by atoms with van der Waals surface area (Å²) in [6.45, 7) is 3.96. The second-order valence-electron chi connectivity index (χ2n) is 4.67. The number of hydrogen-bond donors (Lipinski definition) is 1. The van der Waals surface area contributed by atoms with Gasteiger partial charge >= 0.3 is 0 Å². The van der Waals surface area contributed by atoms with Gasteiger partial charge in [-0.15, -0.1) is 0 Å². The summed E-state index contributed by atoms with van der Waals surface area (Å²) >= 11 is 3.26. The summed E-state index contributed by atoms with van der Waals surface area (Å²) < 4.78 is 24.9. The van der Waals surface area contributed by atoms with Gasteiger partial charge in [-0.2, -0.15) is 13.5 Å². The van der Waals surface area contributed by atoms with Gasteiger partial charge in [0.15, 0.2) is 0 Å². The zero-order chi connectivity index (χ0) is 15.5. The third-order valence-corrected chi connectivity index (χ3v) is 4.69. The lowest BCUT2D eigenvalue weighted by molar-refractivity contribution is 0.584. The van der Waals surface area contributed by atoms with Crippen LogP contribution in [0.3, 0.4) is 0 Å². The Morgan fingerprint density at radius 3 is 2.38 bits per heavy atom. The van der Waals surface area contributed by atoms with Crippen LogP contribution in [0.25, 0.3) is 0 Å². The molecule has 110 valence electrons. The van der Waals surface area contributed by atoms with Gasteiger partial charge in [0, 0.05) is 4.47 Å². The summed E-state index contributed by atoms with van der Waals surface area (Å²) in [6.07, 6.45) is 1.51. The van der Waals surface area contributed by atoms with Crippen LogP contribution >= 0.6 is 15.9 Å². The molecule has 2 rings (SSSR count). The Bertz CT molecular complexity index is 769. The maximum Gasteiger partial charge on any atom is 0.276 e. The van der Waals surface area contributed by atoms with Crippen molar-refractivity contribution >= 4 is 32.2 Å². The van der Waals surface area contributed by atoms with Gasteiger partial charge in [0.25, 0.3) is 10.0 Å². The van der Waals surface area contributed by atoms with Gasteiger partial charge in [-0.1, -0.05) is 39.7 Å². The van der Waals surface area contributed by atoms with Crippen molar-refractivity contribution in [3.05, 3.63) is 63.6 Å². The molecular formula is C15H15BrN2O2S. The second kappa shape index (κ2) is 6.41. The smallest absolute Gasteiger partial charge is 0.200 e. The van der Waals surface area contributed by atoms with Gasteiger partial charge in [0.1, 0.15) is 0 Å². The zero-order valence-corrected chi connectivity index (χ0v) is 14.1. The lowest BCUT2D eigenvalue weighted by Gasteiger charge is -2.04. The van der Waals surface area contributed by atoms with E-state index >= 15 is 0 Å². The van der Waals surface area contributed by atoms with E-state index < -0.39 is 10.0 Å². The Morgan fingerprint density at radius 1 is 1.10 bits per heavy atom. The maximum absolute atomic E-state index is 12.0. The van der Waals surface area contributed by atoms with Crippen LogP contribution in [0, 0.1) is 13.8 Å². The van der Waals surface area contributed by atoms with E-state index in [9.17, 15) is 8.42 Å². The molecule has 0 atom stereocenters. The SMILES string of the molecule is Cc1ccc(/C=N\NS(=O)(=O)c2ccc(Br)cc2)c(C)c1. The molecule has 0 spiro atoms. The number of hydrazone groups is 1.